The van der Waals surface area contributed by atoms with Gasteiger partial charge < -0.3 is 0 Å². The fourth-order valence-corrected chi connectivity index (χ4v) is 4.45. The van der Waals surface area contributed by atoms with Gasteiger partial charge in [0.15, 0.2) is 5.78 Å². The van der Waals surface area contributed by atoms with Crippen LogP contribution in [0.15, 0.2) is 41.3 Å². The summed E-state index contributed by atoms with van der Waals surface area (Å²) in [6.45, 7) is 5.85. The number of carbonyl (C=O) groups excluding carboxylic acids is 1. The summed E-state index contributed by atoms with van der Waals surface area (Å²) in [5.41, 5.74) is 2.71. The third kappa shape index (κ3) is 3.66. The molecular formula is C21H19NO3S. The highest BCUT2D eigenvalue weighted by molar-refractivity contribution is 7.99. The number of fused-ring (bicyclic) bond motifs is 1. The summed E-state index contributed by atoms with van der Waals surface area (Å²) in [7, 11) is 0. The summed E-state index contributed by atoms with van der Waals surface area (Å²) in [5, 5.41) is 11.3. The fraction of sp³-hybridized carbons (Fsp3) is 0.286. The van der Waals surface area contributed by atoms with Crippen LogP contribution in [0.1, 0.15) is 54.2 Å². The Hall–Kier alpha value is -2.58. The smallest absolute Gasteiger partial charge is 0.285 e. The van der Waals surface area contributed by atoms with E-state index in [0.717, 1.165) is 17.7 Å². The van der Waals surface area contributed by atoms with Gasteiger partial charge in [-0.05, 0) is 60.4 Å². The molecule has 2 aromatic carbocycles. The zero-order chi connectivity index (χ0) is 18.9. The van der Waals surface area contributed by atoms with Crippen molar-refractivity contribution in [1.82, 2.24) is 0 Å². The first-order valence-electron chi connectivity index (χ1n) is 8.37. The summed E-state index contributed by atoms with van der Waals surface area (Å²) in [6, 6.07) is 10.5. The molecule has 0 amide bonds. The maximum Gasteiger partial charge on any atom is 0.285 e. The fourth-order valence-electron chi connectivity index (χ4n) is 2.96. The Morgan fingerprint density at radius 2 is 1.96 bits per heavy atom. The second-order valence-corrected chi connectivity index (χ2v) is 8.13. The largest absolute Gasteiger partial charge is 0.295 e. The molecule has 0 spiro atoms. The van der Waals surface area contributed by atoms with Gasteiger partial charge in [-0.1, -0.05) is 25.7 Å². The number of ketones is 1. The quantitative estimate of drug-likeness (QED) is 0.326. The Bertz CT molecular complexity index is 967. The second-order valence-electron chi connectivity index (χ2n) is 6.99. The summed E-state index contributed by atoms with van der Waals surface area (Å²) in [6.07, 6.45) is 1.11. The molecule has 132 valence electrons. The molecule has 0 unspecified atom stereocenters. The Kier molecular flexibility index (Phi) is 4.88. The highest BCUT2D eigenvalue weighted by atomic mass is 32.2. The predicted molar refractivity (Wildman–Crippen MR) is 104 cm³/mol. The van der Waals surface area contributed by atoms with Gasteiger partial charge in [-0.2, -0.15) is 0 Å². The number of hydrogen-bond donors (Lipinski definition) is 0. The van der Waals surface area contributed by atoms with Crippen molar-refractivity contribution in [3.8, 4) is 11.8 Å². The first kappa shape index (κ1) is 18.2. The van der Waals surface area contributed by atoms with E-state index >= 15 is 0 Å². The first-order chi connectivity index (χ1) is 12.3. The molecule has 2 aromatic rings. The zero-order valence-electron chi connectivity index (χ0n) is 15.0. The Morgan fingerprint density at radius 1 is 1.19 bits per heavy atom. The maximum atomic E-state index is 11.4. The molecule has 1 heterocycles. The van der Waals surface area contributed by atoms with Crippen molar-refractivity contribution in [2.24, 2.45) is 0 Å². The number of Topliss-reactive ketones (excluding diaryl/α,β-unsaturated/α-hetero) is 1. The molecule has 0 bridgehead atoms. The molecule has 5 heteroatoms. The number of nitrogens with zero attached hydrogens (tertiary/aromatic N) is 1. The number of nitro benzene ring substituents is 1. The molecule has 0 fully saturated rings. The SMILES string of the molecule is CC(=O)c1ccc(C#Cc2ccc3c(c2)C(C)(C)CCS3)c([N+](=O)[O-])c1. The third-order valence-electron chi connectivity index (χ3n) is 4.64. The molecule has 4 nitrogen and oxygen atoms in total. The van der Waals surface area contributed by atoms with Gasteiger partial charge in [-0.25, -0.2) is 0 Å². The summed E-state index contributed by atoms with van der Waals surface area (Å²) >= 11 is 1.86. The van der Waals surface area contributed by atoms with Gasteiger partial charge in [-0.15, -0.1) is 11.8 Å². The summed E-state index contributed by atoms with van der Waals surface area (Å²) in [4.78, 5) is 23.5. The van der Waals surface area contributed by atoms with Crippen molar-refractivity contribution in [3.05, 3.63) is 68.8 Å². The van der Waals surface area contributed by atoms with Crippen LogP contribution in [0.4, 0.5) is 5.69 Å². The van der Waals surface area contributed by atoms with Gasteiger partial charge in [0.1, 0.15) is 5.56 Å². The lowest BCUT2D eigenvalue weighted by Gasteiger charge is -2.32. The van der Waals surface area contributed by atoms with Crippen LogP contribution in [0, 0.1) is 22.0 Å². The average Bonchev–Trinajstić information content (AvgIpc) is 2.59. The minimum Gasteiger partial charge on any atom is -0.295 e. The highest BCUT2D eigenvalue weighted by Crippen LogP contribution is 2.41. The summed E-state index contributed by atoms with van der Waals surface area (Å²) < 4.78 is 0. The third-order valence-corrected chi connectivity index (χ3v) is 5.71. The van der Waals surface area contributed by atoms with E-state index in [2.05, 4.69) is 37.8 Å². The van der Waals surface area contributed by atoms with Crippen molar-refractivity contribution in [3.63, 3.8) is 0 Å². The Balaban J connectivity index is 2.00. The van der Waals surface area contributed by atoms with E-state index in [1.165, 1.54) is 23.4 Å². The Labute approximate surface area is 157 Å². The molecule has 0 radical (unpaired) electrons. The lowest BCUT2D eigenvalue weighted by atomic mass is 9.81. The zero-order valence-corrected chi connectivity index (χ0v) is 15.8. The standard InChI is InChI=1S/C21H19NO3S/c1-14(23)17-8-7-16(19(13-17)22(24)25)6-4-15-5-9-20-18(12-15)21(2,3)10-11-26-20/h5,7-9,12-13H,10-11H2,1-3H3. The van der Waals surface area contributed by atoms with Crippen LogP contribution < -0.4 is 0 Å². The average molecular weight is 365 g/mol. The number of thioether (sulfide) groups is 1. The van der Waals surface area contributed by atoms with Crippen LogP contribution in [-0.2, 0) is 5.41 Å². The predicted octanol–water partition coefficient (Wildman–Crippen LogP) is 4.97. The van der Waals surface area contributed by atoms with E-state index in [4.69, 9.17) is 0 Å². The van der Waals surface area contributed by atoms with E-state index in [-0.39, 0.29) is 16.9 Å². The highest BCUT2D eigenvalue weighted by Gasteiger charge is 2.27. The minimum absolute atomic E-state index is 0.105. The second kappa shape index (κ2) is 6.97. The molecule has 1 aliphatic rings. The van der Waals surface area contributed by atoms with E-state index < -0.39 is 4.92 Å². The normalized spacial score (nSPS) is 14.7. The minimum atomic E-state index is -0.497. The lowest BCUT2D eigenvalue weighted by molar-refractivity contribution is -0.385. The van der Waals surface area contributed by atoms with Crippen molar-refractivity contribution >= 4 is 23.2 Å². The van der Waals surface area contributed by atoms with Crippen LogP contribution in [0.3, 0.4) is 0 Å². The molecule has 0 atom stereocenters. The number of hydrogen-bond acceptors (Lipinski definition) is 4. The van der Waals surface area contributed by atoms with Gasteiger partial charge >= 0.3 is 0 Å². The van der Waals surface area contributed by atoms with Crippen molar-refractivity contribution in [2.75, 3.05) is 5.75 Å². The lowest BCUT2D eigenvalue weighted by Crippen LogP contribution is -2.22. The molecule has 0 aliphatic carbocycles. The van der Waals surface area contributed by atoms with Gasteiger partial charge in [0, 0.05) is 22.1 Å². The Morgan fingerprint density at radius 3 is 2.65 bits per heavy atom. The van der Waals surface area contributed by atoms with Crippen LogP contribution in [0.25, 0.3) is 0 Å². The molecule has 26 heavy (non-hydrogen) atoms. The van der Waals surface area contributed by atoms with E-state index in [1.54, 1.807) is 12.1 Å². The van der Waals surface area contributed by atoms with Gasteiger partial charge in [0.05, 0.1) is 4.92 Å². The molecule has 0 aromatic heterocycles. The summed E-state index contributed by atoms with van der Waals surface area (Å²) in [5.74, 6) is 6.85. The maximum absolute atomic E-state index is 11.4. The van der Waals surface area contributed by atoms with Gasteiger partial charge in [0.25, 0.3) is 5.69 Å². The van der Waals surface area contributed by atoms with Crippen molar-refractivity contribution < 1.29 is 9.72 Å². The molecule has 0 saturated heterocycles. The number of benzene rings is 2. The van der Waals surface area contributed by atoms with Crippen LogP contribution in [-0.4, -0.2) is 16.5 Å². The number of carbonyl (C=O) groups is 1. The van der Waals surface area contributed by atoms with Crippen LogP contribution >= 0.6 is 11.8 Å². The molecule has 3 rings (SSSR count). The molecule has 0 N–H and O–H groups in total. The van der Waals surface area contributed by atoms with Crippen molar-refractivity contribution in [1.29, 1.82) is 0 Å². The van der Waals surface area contributed by atoms with E-state index in [9.17, 15) is 14.9 Å². The molecular weight excluding hydrogens is 346 g/mol. The van der Waals surface area contributed by atoms with Gasteiger partial charge in [-0.3, -0.25) is 14.9 Å². The topological polar surface area (TPSA) is 60.2 Å². The molecule has 1 aliphatic heterocycles. The van der Waals surface area contributed by atoms with E-state index in [0.29, 0.717) is 11.1 Å². The molecule has 0 saturated carbocycles. The first-order valence-corrected chi connectivity index (χ1v) is 9.35. The number of nitro groups is 1. The van der Waals surface area contributed by atoms with Gasteiger partial charge in [0.2, 0.25) is 0 Å². The van der Waals surface area contributed by atoms with Crippen molar-refractivity contribution in [2.45, 2.75) is 37.5 Å². The monoisotopic (exact) mass is 365 g/mol. The van der Waals surface area contributed by atoms with E-state index in [1.807, 2.05) is 17.8 Å². The van der Waals surface area contributed by atoms with Crippen LogP contribution in [0.2, 0.25) is 0 Å². The number of rotatable bonds is 2. The van der Waals surface area contributed by atoms with Crippen LogP contribution in [0.5, 0.6) is 0 Å².